The number of aromatic nitrogens is 2. The first-order chi connectivity index (χ1) is 14.1. The Morgan fingerprint density at radius 3 is 2.66 bits per heavy atom. The number of carbonyl (C=O) groups is 1. The van der Waals surface area contributed by atoms with Gasteiger partial charge in [0.1, 0.15) is 11.5 Å². The molecule has 1 N–H and O–H groups in total. The summed E-state index contributed by atoms with van der Waals surface area (Å²) in [4.78, 5) is 12.4. The van der Waals surface area contributed by atoms with Gasteiger partial charge in [0.05, 0.1) is 19.0 Å². The van der Waals surface area contributed by atoms with Crippen LogP contribution >= 0.6 is 11.8 Å². The van der Waals surface area contributed by atoms with Crippen LogP contribution in [0.4, 0.5) is 0 Å². The quantitative estimate of drug-likeness (QED) is 0.532. The molecule has 0 aliphatic carbocycles. The number of hydrogen-bond acceptors (Lipinski definition) is 7. The molecule has 0 fully saturated rings. The number of nitrogens with one attached hydrogen (secondary N) is 1. The van der Waals surface area contributed by atoms with Crippen LogP contribution in [0.5, 0.6) is 11.5 Å². The first-order valence-corrected chi connectivity index (χ1v) is 10.1. The van der Waals surface area contributed by atoms with E-state index >= 15 is 0 Å². The molecule has 0 bridgehead atoms. The van der Waals surface area contributed by atoms with Gasteiger partial charge >= 0.3 is 0 Å². The topological polar surface area (TPSA) is 86.5 Å². The highest BCUT2D eigenvalue weighted by atomic mass is 32.2. The summed E-state index contributed by atoms with van der Waals surface area (Å²) in [6.45, 7) is 4.72. The Morgan fingerprint density at radius 1 is 1.17 bits per heavy atom. The van der Waals surface area contributed by atoms with Gasteiger partial charge in [-0.3, -0.25) is 4.79 Å². The maximum absolute atomic E-state index is 12.4. The standard InChI is InChI=1S/C21H23N3O4S/c1-4-27-17-11-9-15(10-12-17)20-23-24-21(28-20)29-14(2)19(25)22-13-16-7-5-6-8-18(16)26-3/h5-12,14H,4,13H2,1-3H3,(H,22,25)/t14-/m0/s1. The Kier molecular flexibility index (Phi) is 7.13. The molecule has 3 rings (SSSR count). The lowest BCUT2D eigenvalue weighted by Gasteiger charge is -2.12. The second kappa shape index (κ2) is 9.97. The summed E-state index contributed by atoms with van der Waals surface area (Å²) < 4.78 is 16.4. The summed E-state index contributed by atoms with van der Waals surface area (Å²) in [7, 11) is 1.61. The highest BCUT2D eigenvalue weighted by Gasteiger charge is 2.19. The van der Waals surface area contributed by atoms with Gasteiger partial charge in [-0.05, 0) is 44.2 Å². The van der Waals surface area contributed by atoms with Crippen molar-refractivity contribution in [3.05, 3.63) is 54.1 Å². The number of amides is 1. The minimum Gasteiger partial charge on any atom is -0.496 e. The number of hydrogen-bond donors (Lipinski definition) is 1. The zero-order valence-electron chi connectivity index (χ0n) is 16.5. The van der Waals surface area contributed by atoms with Crippen molar-refractivity contribution in [3.8, 4) is 23.0 Å². The summed E-state index contributed by atoms with van der Waals surface area (Å²) in [5.41, 5.74) is 1.71. The molecule has 1 amide bonds. The molecule has 8 heteroatoms. The Hall–Kier alpha value is -3.00. The molecule has 152 valence electrons. The molecule has 1 aromatic heterocycles. The van der Waals surface area contributed by atoms with Crippen molar-refractivity contribution in [2.24, 2.45) is 0 Å². The van der Waals surface area contributed by atoms with Crippen LogP contribution in [0, 0.1) is 0 Å². The van der Waals surface area contributed by atoms with E-state index in [-0.39, 0.29) is 5.91 Å². The monoisotopic (exact) mass is 413 g/mol. The number of methoxy groups -OCH3 is 1. The molecule has 0 spiro atoms. The molecule has 1 heterocycles. The molecule has 0 aliphatic heterocycles. The highest BCUT2D eigenvalue weighted by Crippen LogP contribution is 2.27. The largest absolute Gasteiger partial charge is 0.496 e. The smallest absolute Gasteiger partial charge is 0.277 e. The van der Waals surface area contributed by atoms with Crippen molar-refractivity contribution in [3.63, 3.8) is 0 Å². The van der Waals surface area contributed by atoms with Crippen LogP contribution < -0.4 is 14.8 Å². The number of nitrogens with zero attached hydrogens (tertiary/aromatic N) is 2. The SMILES string of the molecule is CCOc1ccc(-c2nnc(S[C@@H](C)C(=O)NCc3ccccc3OC)o2)cc1. The number of carbonyl (C=O) groups excluding carboxylic acids is 1. The molecule has 1 atom stereocenters. The average Bonchev–Trinajstić information content (AvgIpc) is 3.21. The van der Waals surface area contributed by atoms with Crippen LogP contribution in [0.15, 0.2) is 58.2 Å². The Bertz CT molecular complexity index is 943. The highest BCUT2D eigenvalue weighted by molar-refractivity contribution is 8.00. The third kappa shape index (κ3) is 5.51. The summed E-state index contributed by atoms with van der Waals surface area (Å²) in [6, 6.07) is 15.0. The first-order valence-electron chi connectivity index (χ1n) is 9.23. The molecule has 2 aromatic carbocycles. The van der Waals surface area contributed by atoms with E-state index in [1.807, 2.05) is 55.5 Å². The van der Waals surface area contributed by atoms with Crippen molar-refractivity contribution in [1.29, 1.82) is 0 Å². The van der Waals surface area contributed by atoms with Gasteiger partial charge in [0.25, 0.3) is 5.22 Å². The van der Waals surface area contributed by atoms with E-state index in [9.17, 15) is 4.79 Å². The summed E-state index contributed by atoms with van der Waals surface area (Å²) in [6.07, 6.45) is 0. The molecular formula is C21H23N3O4S. The van der Waals surface area contributed by atoms with Gasteiger partial charge in [-0.25, -0.2) is 0 Å². The lowest BCUT2D eigenvalue weighted by atomic mass is 10.2. The van der Waals surface area contributed by atoms with E-state index in [0.717, 1.165) is 22.6 Å². The minimum absolute atomic E-state index is 0.123. The Balaban J connectivity index is 1.56. The van der Waals surface area contributed by atoms with Crippen LogP contribution in [-0.4, -0.2) is 35.1 Å². The molecule has 0 aliphatic rings. The van der Waals surface area contributed by atoms with Gasteiger partial charge in [0.2, 0.25) is 11.8 Å². The maximum Gasteiger partial charge on any atom is 0.277 e. The van der Waals surface area contributed by atoms with Gasteiger partial charge in [0, 0.05) is 17.7 Å². The third-order valence-electron chi connectivity index (χ3n) is 4.11. The van der Waals surface area contributed by atoms with Crippen molar-refractivity contribution in [2.75, 3.05) is 13.7 Å². The van der Waals surface area contributed by atoms with E-state index in [4.69, 9.17) is 13.9 Å². The average molecular weight is 413 g/mol. The van der Waals surface area contributed by atoms with Crippen LogP contribution in [0.1, 0.15) is 19.4 Å². The third-order valence-corrected chi connectivity index (χ3v) is 5.05. The van der Waals surface area contributed by atoms with Crippen molar-refractivity contribution < 1.29 is 18.7 Å². The molecule has 0 radical (unpaired) electrons. The number of ether oxygens (including phenoxy) is 2. The molecule has 29 heavy (non-hydrogen) atoms. The van der Waals surface area contributed by atoms with E-state index in [1.54, 1.807) is 14.0 Å². The van der Waals surface area contributed by atoms with Gasteiger partial charge in [0.15, 0.2) is 0 Å². The first kappa shape index (κ1) is 20.7. The van der Waals surface area contributed by atoms with E-state index in [2.05, 4.69) is 15.5 Å². The van der Waals surface area contributed by atoms with Gasteiger partial charge in [-0.2, -0.15) is 0 Å². The number of benzene rings is 2. The minimum atomic E-state index is -0.390. The zero-order chi connectivity index (χ0) is 20.6. The van der Waals surface area contributed by atoms with Crippen LogP contribution in [0.25, 0.3) is 11.5 Å². The van der Waals surface area contributed by atoms with Crippen LogP contribution in [0.3, 0.4) is 0 Å². The Labute approximate surface area is 173 Å². The Morgan fingerprint density at radius 2 is 1.93 bits per heavy atom. The van der Waals surface area contributed by atoms with Crippen molar-refractivity contribution in [2.45, 2.75) is 30.9 Å². The van der Waals surface area contributed by atoms with Crippen molar-refractivity contribution in [1.82, 2.24) is 15.5 Å². The second-order valence-corrected chi connectivity index (χ2v) is 7.41. The van der Waals surface area contributed by atoms with E-state index in [0.29, 0.717) is 24.3 Å². The van der Waals surface area contributed by atoms with Crippen LogP contribution in [0.2, 0.25) is 0 Å². The summed E-state index contributed by atoms with van der Waals surface area (Å²) in [5.74, 6) is 1.80. The lowest BCUT2D eigenvalue weighted by Crippen LogP contribution is -2.30. The molecular weight excluding hydrogens is 390 g/mol. The molecule has 0 saturated carbocycles. The molecule has 3 aromatic rings. The predicted octanol–water partition coefficient (Wildman–Crippen LogP) is 3.94. The fourth-order valence-corrected chi connectivity index (χ4v) is 3.32. The van der Waals surface area contributed by atoms with E-state index < -0.39 is 5.25 Å². The van der Waals surface area contributed by atoms with E-state index in [1.165, 1.54) is 11.8 Å². The second-order valence-electron chi connectivity index (χ2n) is 6.12. The van der Waals surface area contributed by atoms with Gasteiger partial charge in [-0.15, -0.1) is 10.2 Å². The fourth-order valence-electron chi connectivity index (χ4n) is 2.61. The molecule has 0 unspecified atom stereocenters. The molecule has 0 saturated heterocycles. The molecule has 7 nitrogen and oxygen atoms in total. The fraction of sp³-hybridized carbons (Fsp3) is 0.286. The van der Waals surface area contributed by atoms with Gasteiger partial charge < -0.3 is 19.2 Å². The number of thioether (sulfide) groups is 1. The number of rotatable bonds is 9. The van der Waals surface area contributed by atoms with Crippen molar-refractivity contribution >= 4 is 17.7 Å². The maximum atomic E-state index is 12.4. The van der Waals surface area contributed by atoms with Crippen LogP contribution in [-0.2, 0) is 11.3 Å². The number of para-hydroxylation sites is 1. The van der Waals surface area contributed by atoms with Gasteiger partial charge in [-0.1, -0.05) is 30.0 Å². The lowest BCUT2D eigenvalue weighted by molar-refractivity contribution is -0.120. The summed E-state index contributed by atoms with van der Waals surface area (Å²) >= 11 is 1.22. The summed E-state index contributed by atoms with van der Waals surface area (Å²) in [5, 5.41) is 11.0. The zero-order valence-corrected chi connectivity index (χ0v) is 17.4. The predicted molar refractivity (Wildman–Crippen MR) is 111 cm³/mol. The normalized spacial score (nSPS) is 11.7.